The lowest BCUT2D eigenvalue weighted by Gasteiger charge is -2.12. The van der Waals surface area contributed by atoms with Crippen LogP contribution >= 0.6 is 24.0 Å². The first-order valence-corrected chi connectivity index (χ1v) is 9.06. The van der Waals surface area contributed by atoms with Crippen LogP contribution in [0.2, 0.25) is 0 Å². The normalized spacial score (nSPS) is 10.2. The van der Waals surface area contributed by atoms with Crippen LogP contribution in [-0.4, -0.2) is 34.9 Å². The van der Waals surface area contributed by atoms with E-state index in [1.807, 2.05) is 55.4 Å². The summed E-state index contributed by atoms with van der Waals surface area (Å²) >= 11 is 6.78. The molecule has 0 aliphatic rings. The Morgan fingerprint density at radius 2 is 2.00 bits per heavy atom. The van der Waals surface area contributed by atoms with E-state index in [1.54, 1.807) is 12.4 Å². The van der Waals surface area contributed by atoms with Gasteiger partial charge in [-0.15, -0.1) is 0 Å². The second kappa shape index (κ2) is 9.39. The minimum atomic E-state index is 0.142. The lowest BCUT2D eigenvalue weighted by molar-refractivity contribution is 0.0989. The number of carbonyl (C=O) groups is 1. The van der Waals surface area contributed by atoms with Crippen molar-refractivity contribution in [3.8, 4) is 0 Å². The van der Waals surface area contributed by atoms with Crippen molar-refractivity contribution >= 4 is 39.8 Å². The minimum absolute atomic E-state index is 0.142. The number of hydrogen-bond donors (Lipinski definition) is 1. The van der Waals surface area contributed by atoms with Crippen LogP contribution in [0.3, 0.4) is 0 Å². The van der Waals surface area contributed by atoms with Gasteiger partial charge in [0.05, 0.1) is 0 Å². The topological polar surface area (TPSA) is 45.2 Å². The monoisotopic (exact) mass is 359 g/mol. The number of hydrogen-bond acceptors (Lipinski definition) is 5. The van der Waals surface area contributed by atoms with Crippen LogP contribution in [0.5, 0.6) is 0 Å². The fraction of sp³-hybridized carbons (Fsp3) is 0.278. The van der Waals surface area contributed by atoms with E-state index >= 15 is 0 Å². The Kier molecular flexibility index (Phi) is 7.21. The highest BCUT2D eigenvalue weighted by atomic mass is 32.2. The van der Waals surface area contributed by atoms with Gasteiger partial charge >= 0.3 is 0 Å². The van der Waals surface area contributed by atoms with E-state index < -0.39 is 0 Å². The second-order valence-corrected chi connectivity index (χ2v) is 7.24. The molecule has 2 aromatic rings. The van der Waals surface area contributed by atoms with Crippen molar-refractivity contribution in [2.24, 2.45) is 0 Å². The van der Waals surface area contributed by atoms with Gasteiger partial charge in [-0.2, -0.15) is 0 Å². The van der Waals surface area contributed by atoms with E-state index in [2.05, 4.69) is 10.3 Å². The number of anilines is 1. The smallest absolute Gasteiger partial charge is 0.163 e. The second-order valence-electron chi connectivity index (χ2n) is 5.47. The number of rotatable bonds is 7. The molecule has 0 aliphatic carbocycles. The van der Waals surface area contributed by atoms with Crippen LogP contribution in [0.4, 0.5) is 5.69 Å². The predicted octanol–water partition coefficient (Wildman–Crippen LogP) is 3.53. The molecule has 0 fully saturated rings. The van der Waals surface area contributed by atoms with Crippen molar-refractivity contribution in [3.05, 3.63) is 59.9 Å². The molecule has 1 aromatic heterocycles. The molecule has 2 rings (SSSR count). The molecule has 0 radical (unpaired) electrons. The zero-order valence-corrected chi connectivity index (χ0v) is 15.5. The average molecular weight is 360 g/mol. The quantitative estimate of drug-likeness (QED) is 0.603. The Hall–Kier alpha value is -1.92. The summed E-state index contributed by atoms with van der Waals surface area (Å²) in [5.41, 5.74) is 2.91. The summed E-state index contributed by atoms with van der Waals surface area (Å²) in [7, 11) is 3.96. The number of nitrogens with one attached hydrogen (secondary N) is 1. The molecule has 0 atom stereocenters. The van der Waals surface area contributed by atoms with E-state index in [1.165, 1.54) is 11.8 Å². The number of nitrogens with zero attached hydrogens (tertiary/aromatic N) is 2. The van der Waals surface area contributed by atoms with E-state index in [-0.39, 0.29) is 5.78 Å². The molecule has 1 aromatic carbocycles. The molecule has 4 nitrogen and oxygen atoms in total. The molecule has 0 aliphatic heterocycles. The van der Waals surface area contributed by atoms with Gasteiger partial charge in [0.2, 0.25) is 0 Å². The summed E-state index contributed by atoms with van der Waals surface area (Å²) in [6, 6.07) is 11.6. The van der Waals surface area contributed by atoms with Crippen LogP contribution in [0.15, 0.2) is 48.8 Å². The molecular formula is C18H21N3OS2. The summed E-state index contributed by atoms with van der Waals surface area (Å²) in [5, 5.41) is 3.17. The maximum Gasteiger partial charge on any atom is 0.163 e. The molecule has 0 spiro atoms. The Labute approximate surface area is 152 Å². The highest BCUT2D eigenvalue weighted by molar-refractivity contribution is 8.22. The molecular weight excluding hydrogens is 338 g/mol. The molecule has 0 unspecified atom stereocenters. The number of carbonyl (C=O) groups excluding carboxylic acids is 1. The standard InChI is InChI=1S/C18H21N3OS2/c1-21(2)16-7-5-15(6-8-16)17(22)9-11-24-18(23)20-13-14-4-3-10-19-12-14/h3-8,10,12H,9,11,13H2,1-2H3,(H,20,23). The first-order chi connectivity index (χ1) is 11.6. The largest absolute Gasteiger partial charge is 0.378 e. The minimum Gasteiger partial charge on any atom is -0.378 e. The van der Waals surface area contributed by atoms with Gasteiger partial charge in [0, 0.05) is 56.5 Å². The first-order valence-electron chi connectivity index (χ1n) is 7.66. The summed E-state index contributed by atoms with van der Waals surface area (Å²) in [5.74, 6) is 0.815. The molecule has 24 heavy (non-hydrogen) atoms. The van der Waals surface area contributed by atoms with Gasteiger partial charge in [0.1, 0.15) is 4.32 Å². The number of thiocarbonyl (C=S) groups is 1. The van der Waals surface area contributed by atoms with Gasteiger partial charge < -0.3 is 10.2 Å². The van der Waals surface area contributed by atoms with Crippen molar-refractivity contribution < 1.29 is 4.79 Å². The van der Waals surface area contributed by atoms with Crippen LogP contribution in [0, 0.1) is 0 Å². The highest BCUT2D eigenvalue weighted by Gasteiger charge is 2.07. The van der Waals surface area contributed by atoms with E-state index in [9.17, 15) is 4.79 Å². The van der Waals surface area contributed by atoms with E-state index in [0.717, 1.165) is 16.8 Å². The third-order valence-corrected chi connectivity index (χ3v) is 4.74. The summed E-state index contributed by atoms with van der Waals surface area (Å²) in [6.07, 6.45) is 4.02. The summed E-state index contributed by atoms with van der Waals surface area (Å²) < 4.78 is 0.703. The van der Waals surface area contributed by atoms with Gasteiger partial charge in [-0.25, -0.2) is 0 Å². The Morgan fingerprint density at radius 1 is 1.25 bits per heavy atom. The predicted molar refractivity (Wildman–Crippen MR) is 106 cm³/mol. The van der Waals surface area contributed by atoms with Crippen molar-refractivity contribution in [1.29, 1.82) is 0 Å². The molecule has 6 heteroatoms. The number of benzene rings is 1. The zero-order chi connectivity index (χ0) is 17.4. The van der Waals surface area contributed by atoms with Gasteiger partial charge in [-0.05, 0) is 35.9 Å². The number of aromatic nitrogens is 1. The highest BCUT2D eigenvalue weighted by Crippen LogP contribution is 2.15. The summed E-state index contributed by atoms with van der Waals surface area (Å²) in [4.78, 5) is 18.3. The maximum absolute atomic E-state index is 12.2. The van der Waals surface area contributed by atoms with Crippen molar-refractivity contribution in [1.82, 2.24) is 10.3 Å². The Balaban J connectivity index is 1.71. The van der Waals surface area contributed by atoms with Gasteiger partial charge in [0.25, 0.3) is 0 Å². The summed E-state index contributed by atoms with van der Waals surface area (Å²) in [6.45, 7) is 0.652. The zero-order valence-electron chi connectivity index (χ0n) is 13.9. The maximum atomic E-state index is 12.2. The SMILES string of the molecule is CN(C)c1ccc(C(=O)CCSC(=S)NCc2cccnc2)cc1. The molecule has 126 valence electrons. The van der Waals surface area contributed by atoms with E-state index in [0.29, 0.717) is 23.0 Å². The first kappa shape index (κ1) is 18.4. The van der Waals surface area contributed by atoms with E-state index in [4.69, 9.17) is 12.2 Å². The molecule has 0 saturated carbocycles. The third-order valence-electron chi connectivity index (χ3n) is 3.43. The van der Waals surface area contributed by atoms with Crippen molar-refractivity contribution in [3.63, 3.8) is 0 Å². The average Bonchev–Trinajstić information content (AvgIpc) is 2.61. The number of thioether (sulfide) groups is 1. The molecule has 1 N–H and O–H groups in total. The lowest BCUT2D eigenvalue weighted by atomic mass is 10.1. The van der Waals surface area contributed by atoms with Crippen LogP contribution in [0.25, 0.3) is 0 Å². The number of Topliss-reactive ketones (excluding diaryl/α,β-unsaturated/α-hetero) is 1. The van der Waals surface area contributed by atoms with Gasteiger partial charge in [-0.3, -0.25) is 9.78 Å². The third kappa shape index (κ3) is 5.94. The van der Waals surface area contributed by atoms with Crippen LogP contribution in [0.1, 0.15) is 22.3 Å². The number of pyridine rings is 1. The number of ketones is 1. The Bertz CT molecular complexity index is 672. The fourth-order valence-corrected chi connectivity index (χ4v) is 3.02. The molecule has 1 heterocycles. The lowest BCUT2D eigenvalue weighted by Crippen LogP contribution is -2.18. The van der Waals surface area contributed by atoms with Crippen LogP contribution in [-0.2, 0) is 6.54 Å². The van der Waals surface area contributed by atoms with Crippen molar-refractivity contribution in [2.45, 2.75) is 13.0 Å². The Morgan fingerprint density at radius 3 is 2.62 bits per heavy atom. The van der Waals surface area contributed by atoms with Crippen LogP contribution < -0.4 is 10.2 Å². The fourth-order valence-electron chi connectivity index (χ4n) is 2.05. The molecule has 0 saturated heterocycles. The van der Waals surface area contributed by atoms with Crippen molar-refractivity contribution in [2.75, 3.05) is 24.7 Å². The molecule has 0 bridgehead atoms. The van der Waals surface area contributed by atoms with Gasteiger partial charge in [-0.1, -0.05) is 30.0 Å². The molecule has 0 amide bonds. The van der Waals surface area contributed by atoms with Gasteiger partial charge in [0.15, 0.2) is 5.78 Å².